The van der Waals surface area contributed by atoms with Crippen molar-refractivity contribution in [1.82, 2.24) is 4.37 Å². The van der Waals surface area contributed by atoms with E-state index in [0.29, 0.717) is 11.3 Å². The zero-order chi connectivity index (χ0) is 21.9. The van der Waals surface area contributed by atoms with Crippen LogP contribution in [0.3, 0.4) is 0 Å². The Bertz CT molecular complexity index is 1040. The number of nitrogens with one attached hydrogen (secondary N) is 1. The Morgan fingerprint density at radius 1 is 1.20 bits per heavy atom. The summed E-state index contributed by atoms with van der Waals surface area (Å²) < 4.78 is 10.5. The van der Waals surface area contributed by atoms with Crippen LogP contribution in [-0.2, 0) is 9.53 Å². The van der Waals surface area contributed by atoms with E-state index in [1.165, 1.54) is 23.7 Å². The molecule has 0 aliphatic heterocycles. The fourth-order valence-corrected chi connectivity index (χ4v) is 3.89. The van der Waals surface area contributed by atoms with Crippen LogP contribution in [0.5, 0.6) is 5.75 Å². The summed E-state index contributed by atoms with van der Waals surface area (Å²) in [7, 11) is 0. The molecule has 158 valence electrons. The molecule has 0 spiro atoms. The molecular formula is C22H25N3O4S. The van der Waals surface area contributed by atoms with Crippen LogP contribution in [-0.4, -0.2) is 27.6 Å². The Morgan fingerprint density at radius 2 is 1.90 bits per heavy atom. The Labute approximate surface area is 179 Å². The van der Waals surface area contributed by atoms with Gasteiger partial charge in [0.1, 0.15) is 11.9 Å². The fraction of sp³-hybridized carbons (Fsp3) is 0.318. The number of nitrogens with two attached hydrogens (primary N) is 1. The van der Waals surface area contributed by atoms with Crippen molar-refractivity contribution < 1.29 is 19.4 Å². The van der Waals surface area contributed by atoms with E-state index >= 15 is 0 Å². The Kier molecular flexibility index (Phi) is 6.26. The van der Waals surface area contributed by atoms with Crippen LogP contribution in [0.4, 0.5) is 10.5 Å². The van der Waals surface area contributed by atoms with Crippen LogP contribution < -0.4 is 11.1 Å². The van der Waals surface area contributed by atoms with E-state index in [1.807, 2.05) is 39.0 Å². The summed E-state index contributed by atoms with van der Waals surface area (Å²) >= 11 is 1.36. The molecule has 4 N–H and O–H groups in total. The molecule has 3 aromatic rings. The first-order valence-electron chi connectivity index (χ1n) is 9.54. The maximum absolute atomic E-state index is 13.3. The maximum Gasteiger partial charge on any atom is 0.404 e. The maximum atomic E-state index is 13.3. The van der Waals surface area contributed by atoms with Gasteiger partial charge in [0.05, 0.1) is 10.6 Å². The van der Waals surface area contributed by atoms with Crippen LogP contribution in [0.15, 0.2) is 48.7 Å². The van der Waals surface area contributed by atoms with Crippen molar-refractivity contribution in [3.63, 3.8) is 0 Å². The Morgan fingerprint density at radius 3 is 2.53 bits per heavy atom. The van der Waals surface area contributed by atoms with Gasteiger partial charge in [-0.1, -0.05) is 32.9 Å². The fourth-order valence-electron chi connectivity index (χ4n) is 3.20. The normalized spacial score (nSPS) is 13.6. The number of amides is 2. The van der Waals surface area contributed by atoms with Crippen molar-refractivity contribution in [1.29, 1.82) is 0 Å². The van der Waals surface area contributed by atoms with Crippen LogP contribution in [0.25, 0.3) is 10.1 Å². The number of phenolic OH excluding ortho intramolecular Hbond substituents is 1. The molecule has 2 amide bonds. The quantitative estimate of drug-likeness (QED) is 0.531. The first-order chi connectivity index (χ1) is 14.1. The van der Waals surface area contributed by atoms with E-state index < -0.39 is 23.5 Å². The second kappa shape index (κ2) is 8.71. The SMILES string of the molecule is CC(C)(C)C(CC(C(=O)Nc1ccc2cnsc2c1)c1ccc(O)cc1)OC(N)=O. The van der Waals surface area contributed by atoms with Crippen molar-refractivity contribution in [2.24, 2.45) is 11.1 Å². The molecule has 0 fully saturated rings. The van der Waals surface area contributed by atoms with E-state index in [1.54, 1.807) is 18.3 Å². The average molecular weight is 428 g/mol. The van der Waals surface area contributed by atoms with E-state index in [4.69, 9.17) is 10.5 Å². The number of rotatable bonds is 6. The monoisotopic (exact) mass is 427 g/mol. The molecule has 0 saturated heterocycles. The third-order valence-corrected chi connectivity index (χ3v) is 5.67. The van der Waals surface area contributed by atoms with Crippen LogP contribution in [0.2, 0.25) is 0 Å². The van der Waals surface area contributed by atoms with Crippen molar-refractivity contribution >= 4 is 39.3 Å². The molecule has 1 aromatic heterocycles. The number of hydrogen-bond acceptors (Lipinski definition) is 6. The molecule has 7 nitrogen and oxygen atoms in total. The summed E-state index contributed by atoms with van der Waals surface area (Å²) in [6.07, 6.45) is 0.560. The van der Waals surface area contributed by atoms with Gasteiger partial charge in [-0.25, -0.2) is 4.79 Å². The molecule has 2 aromatic carbocycles. The number of aromatic hydroxyl groups is 1. The van der Waals surface area contributed by atoms with Crippen LogP contribution in [0.1, 0.15) is 38.7 Å². The number of ether oxygens (including phenoxy) is 1. The van der Waals surface area contributed by atoms with Gasteiger partial charge in [0.2, 0.25) is 5.91 Å². The van der Waals surface area contributed by atoms with Gasteiger partial charge in [-0.2, -0.15) is 4.37 Å². The van der Waals surface area contributed by atoms with Gasteiger partial charge in [0.25, 0.3) is 0 Å². The molecule has 30 heavy (non-hydrogen) atoms. The molecule has 0 saturated carbocycles. The predicted molar refractivity (Wildman–Crippen MR) is 118 cm³/mol. The largest absolute Gasteiger partial charge is 0.508 e. The van der Waals surface area contributed by atoms with E-state index in [2.05, 4.69) is 9.69 Å². The minimum absolute atomic E-state index is 0.106. The van der Waals surface area contributed by atoms with Gasteiger partial charge >= 0.3 is 6.09 Å². The van der Waals surface area contributed by atoms with Gasteiger partial charge in [-0.3, -0.25) is 4.79 Å². The lowest BCUT2D eigenvalue weighted by Gasteiger charge is -2.32. The number of benzene rings is 2. The molecule has 3 rings (SSSR count). The first kappa shape index (κ1) is 21.6. The summed E-state index contributed by atoms with van der Waals surface area (Å²) in [5.41, 5.74) is 6.20. The highest BCUT2D eigenvalue weighted by Crippen LogP contribution is 2.33. The lowest BCUT2D eigenvalue weighted by atomic mass is 9.81. The summed E-state index contributed by atoms with van der Waals surface area (Å²) in [6.45, 7) is 5.76. The Hall–Kier alpha value is -3.13. The number of hydrogen-bond donors (Lipinski definition) is 3. The number of primary amides is 1. The number of fused-ring (bicyclic) bond motifs is 1. The summed E-state index contributed by atoms with van der Waals surface area (Å²) in [5, 5.41) is 13.6. The smallest absolute Gasteiger partial charge is 0.404 e. The van der Waals surface area contributed by atoms with Crippen molar-refractivity contribution in [3.05, 3.63) is 54.2 Å². The third-order valence-electron chi connectivity index (χ3n) is 4.91. The highest BCUT2D eigenvalue weighted by Gasteiger charge is 2.34. The van der Waals surface area contributed by atoms with Crippen LogP contribution in [0, 0.1) is 5.41 Å². The number of phenols is 1. The topological polar surface area (TPSA) is 115 Å². The third kappa shape index (κ3) is 5.27. The molecule has 2 unspecified atom stereocenters. The van der Waals surface area contributed by atoms with Gasteiger partial charge in [-0.05, 0) is 52.8 Å². The number of nitrogens with zero attached hydrogens (tertiary/aromatic N) is 1. The molecule has 0 aliphatic rings. The first-order valence-corrected chi connectivity index (χ1v) is 10.3. The summed E-state index contributed by atoms with van der Waals surface area (Å²) in [4.78, 5) is 24.7. The average Bonchev–Trinajstić information content (AvgIpc) is 3.12. The van der Waals surface area contributed by atoms with Gasteiger partial charge < -0.3 is 20.9 Å². The number of aromatic nitrogens is 1. The standard InChI is InChI=1S/C22H25N3O4S/c1-22(2,3)19(29-21(23)28)11-17(13-5-8-16(26)9-6-13)20(27)25-15-7-4-14-12-24-30-18(14)10-15/h4-10,12,17,19,26H,11H2,1-3H3,(H2,23,28)(H,25,27). The molecule has 0 aliphatic carbocycles. The van der Waals surface area contributed by atoms with Gasteiger partial charge in [-0.15, -0.1) is 0 Å². The Balaban J connectivity index is 1.90. The summed E-state index contributed by atoms with van der Waals surface area (Å²) in [5.74, 6) is -0.757. The lowest BCUT2D eigenvalue weighted by Crippen LogP contribution is -2.37. The van der Waals surface area contributed by atoms with Crippen molar-refractivity contribution in [3.8, 4) is 5.75 Å². The van der Waals surface area contributed by atoms with Crippen LogP contribution >= 0.6 is 11.5 Å². The number of anilines is 1. The molecular weight excluding hydrogens is 402 g/mol. The van der Waals surface area contributed by atoms with E-state index in [9.17, 15) is 14.7 Å². The molecule has 0 radical (unpaired) electrons. The zero-order valence-electron chi connectivity index (χ0n) is 17.1. The second-order valence-electron chi connectivity index (χ2n) is 8.24. The molecule has 2 atom stereocenters. The highest BCUT2D eigenvalue weighted by molar-refractivity contribution is 7.13. The molecule has 8 heteroatoms. The highest BCUT2D eigenvalue weighted by atomic mass is 32.1. The minimum atomic E-state index is -0.879. The second-order valence-corrected chi connectivity index (χ2v) is 9.07. The summed E-state index contributed by atoms with van der Waals surface area (Å²) in [6, 6.07) is 12.0. The number of carbonyl (C=O) groups is 2. The van der Waals surface area contributed by atoms with Crippen molar-refractivity contribution in [2.75, 3.05) is 5.32 Å². The van der Waals surface area contributed by atoms with Gasteiger partial charge in [0, 0.05) is 23.7 Å². The predicted octanol–water partition coefficient (Wildman–Crippen LogP) is 4.62. The lowest BCUT2D eigenvalue weighted by molar-refractivity contribution is -0.118. The molecule has 0 bridgehead atoms. The van der Waals surface area contributed by atoms with E-state index in [0.717, 1.165) is 10.1 Å². The minimum Gasteiger partial charge on any atom is -0.508 e. The van der Waals surface area contributed by atoms with Crippen molar-refractivity contribution in [2.45, 2.75) is 39.2 Å². The van der Waals surface area contributed by atoms with E-state index in [-0.39, 0.29) is 18.1 Å². The van der Waals surface area contributed by atoms with Gasteiger partial charge in [0.15, 0.2) is 0 Å². The molecule has 1 heterocycles. The zero-order valence-corrected chi connectivity index (χ0v) is 17.9. The number of carbonyl (C=O) groups excluding carboxylic acids is 2.